The highest BCUT2D eigenvalue weighted by Gasteiger charge is 2.54. The number of halogens is 1. The molecular formula is C23H24FN3O2. The molecule has 1 aliphatic heterocycles. The fraction of sp³-hybridized carbons (Fsp3) is 0.348. The lowest BCUT2D eigenvalue weighted by Crippen LogP contribution is -2.51. The average molecular weight is 393 g/mol. The van der Waals surface area contributed by atoms with Crippen LogP contribution in [0.25, 0.3) is 10.9 Å². The van der Waals surface area contributed by atoms with Gasteiger partial charge in [-0.25, -0.2) is 4.39 Å². The number of ether oxygens (including phenoxy) is 1. The second kappa shape index (κ2) is 6.79. The van der Waals surface area contributed by atoms with Gasteiger partial charge in [0.05, 0.1) is 18.2 Å². The highest BCUT2D eigenvalue weighted by atomic mass is 19.1. The number of methoxy groups -OCH3 is 1. The van der Waals surface area contributed by atoms with Gasteiger partial charge in [0.1, 0.15) is 11.6 Å². The summed E-state index contributed by atoms with van der Waals surface area (Å²) in [4.78, 5) is 20.8. The highest BCUT2D eigenvalue weighted by Crippen LogP contribution is 2.52. The van der Waals surface area contributed by atoms with Gasteiger partial charge in [-0.15, -0.1) is 0 Å². The number of nitrogens with zero attached hydrogens (tertiary/aromatic N) is 2. The Kier molecular flexibility index (Phi) is 4.23. The molecule has 1 amide bonds. The van der Waals surface area contributed by atoms with E-state index in [1.165, 1.54) is 6.07 Å². The molecule has 3 aromatic rings. The number of benzene rings is 2. The normalized spacial score (nSPS) is 18.1. The number of nitrogens with one attached hydrogen (secondary N) is 1. The van der Waals surface area contributed by atoms with Crippen molar-refractivity contribution >= 4 is 22.5 Å². The molecule has 2 aromatic carbocycles. The molecule has 1 aliphatic carbocycles. The van der Waals surface area contributed by atoms with Gasteiger partial charge in [0.15, 0.2) is 0 Å². The van der Waals surface area contributed by atoms with E-state index >= 15 is 0 Å². The van der Waals surface area contributed by atoms with Crippen molar-refractivity contribution in [1.29, 1.82) is 0 Å². The Hall–Kier alpha value is -3.02. The van der Waals surface area contributed by atoms with Crippen LogP contribution in [0.2, 0.25) is 0 Å². The number of anilines is 1. The van der Waals surface area contributed by atoms with Crippen LogP contribution in [0.1, 0.15) is 18.4 Å². The number of aromatic amines is 1. The van der Waals surface area contributed by atoms with Gasteiger partial charge in [-0.05, 0) is 48.7 Å². The number of rotatable bonds is 4. The number of piperazine rings is 1. The lowest BCUT2D eigenvalue weighted by atomic mass is 9.93. The van der Waals surface area contributed by atoms with Gasteiger partial charge in [0, 0.05) is 43.3 Å². The minimum atomic E-state index is -0.440. The van der Waals surface area contributed by atoms with E-state index in [2.05, 4.69) is 4.98 Å². The summed E-state index contributed by atoms with van der Waals surface area (Å²) in [6.07, 6.45) is 3.71. The summed E-state index contributed by atoms with van der Waals surface area (Å²) in [7, 11) is 1.65. The molecule has 1 saturated carbocycles. The third kappa shape index (κ3) is 2.94. The molecule has 2 fully saturated rings. The number of amides is 1. The Balaban J connectivity index is 1.36. The molecule has 29 heavy (non-hydrogen) atoms. The van der Waals surface area contributed by atoms with Crippen LogP contribution in [0, 0.1) is 5.82 Å². The number of H-pyrrole nitrogens is 1. The standard InChI is InChI=1S/C23H24FN3O2/c1-29-16-6-7-20-17(14-16)18(15-25-20)23(8-9-23)22(28)27-12-10-26(11-13-27)21-5-3-2-4-19(21)24/h2-7,14-15,25H,8-13H2,1H3. The van der Waals surface area contributed by atoms with Crippen LogP contribution in [0.5, 0.6) is 5.75 Å². The molecule has 5 rings (SSSR count). The van der Waals surface area contributed by atoms with Crippen LogP contribution >= 0.6 is 0 Å². The van der Waals surface area contributed by atoms with Crippen LogP contribution in [-0.2, 0) is 10.2 Å². The van der Waals surface area contributed by atoms with E-state index < -0.39 is 5.41 Å². The monoisotopic (exact) mass is 393 g/mol. The number of carbonyl (C=O) groups excluding carboxylic acids is 1. The zero-order valence-corrected chi connectivity index (χ0v) is 16.5. The molecule has 5 nitrogen and oxygen atoms in total. The SMILES string of the molecule is COc1ccc2[nH]cc(C3(C(=O)N4CCN(c5ccccc5F)CC4)CC3)c2c1. The van der Waals surface area contributed by atoms with E-state index in [4.69, 9.17) is 4.74 Å². The third-order valence-corrected chi connectivity index (χ3v) is 6.32. The van der Waals surface area contributed by atoms with Gasteiger partial charge in [0.2, 0.25) is 5.91 Å². The van der Waals surface area contributed by atoms with Gasteiger partial charge >= 0.3 is 0 Å². The molecule has 6 heteroatoms. The van der Waals surface area contributed by atoms with E-state index in [0.29, 0.717) is 31.9 Å². The summed E-state index contributed by atoms with van der Waals surface area (Å²) in [5.74, 6) is 0.771. The quantitative estimate of drug-likeness (QED) is 0.735. The highest BCUT2D eigenvalue weighted by molar-refractivity contribution is 5.98. The topological polar surface area (TPSA) is 48.6 Å². The summed E-state index contributed by atoms with van der Waals surface area (Å²) in [6.45, 7) is 2.51. The Morgan fingerprint density at radius 2 is 1.86 bits per heavy atom. The van der Waals surface area contributed by atoms with Crippen LogP contribution < -0.4 is 9.64 Å². The summed E-state index contributed by atoms with van der Waals surface area (Å²) < 4.78 is 19.5. The molecule has 0 radical (unpaired) electrons. The van der Waals surface area contributed by atoms with Gasteiger partial charge < -0.3 is 19.5 Å². The molecule has 0 bridgehead atoms. The average Bonchev–Trinajstić information content (AvgIpc) is 3.46. The predicted octanol–water partition coefficient (Wildman–Crippen LogP) is 3.70. The first-order valence-electron chi connectivity index (χ1n) is 10.1. The molecule has 1 saturated heterocycles. The lowest BCUT2D eigenvalue weighted by Gasteiger charge is -2.37. The first kappa shape index (κ1) is 18.0. The van der Waals surface area contributed by atoms with Crippen molar-refractivity contribution in [1.82, 2.24) is 9.88 Å². The van der Waals surface area contributed by atoms with Gasteiger partial charge in [-0.2, -0.15) is 0 Å². The second-order valence-electron chi connectivity index (χ2n) is 7.93. The van der Waals surface area contributed by atoms with Crippen molar-refractivity contribution in [3.8, 4) is 5.75 Å². The fourth-order valence-corrected chi connectivity index (χ4v) is 4.51. The van der Waals surface area contributed by atoms with Crippen molar-refractivity contribution < 1.29 is 13.9 Å². The first-order chi connectivity index (χ1) is 14.1. The van der Waals surface area contributed by atoms with Gasteiger partial charge in [0.25, 0.3) is 0 Å². The van der Waals surface area contributed by atoms with Gasteiger partial charge in [-0.3, -0.25) is 4.79 Å². The first-order valence-corrected chi connectivity index (χ1v) is 10.1. The van der Waals surface area contributed by atoms with E-state index in [1.807, 2.05) is 40.3 Å². The maximum Gasteiger partial charge on any atom is 0.233 e. The second-order valence-corrected chi connectivity index (χ2v) is 7.93. The van der Waals surface area contributed by atoms with E-state index in [-0.39, 0.29) is 11.7 Å². The third-order valence-electron chi connectivity index (χ3n) is 6.32. The maximum absolute atomic E-state index is 14.1. The predicted molar refractivity (Wildman–Crippen MR) is 111 cm³/mol. The molecule has 1 N–H and O–H groups in total. The molecule has 1 aromatic heterocycles. The van der Waals surface area contributed by atoms with Crippen molar-refractivity contribution in [2.24, 2.45) is 0 Å². The van der Waals surface area contributed by atoms with E-state index in [1.54, 1.807) is 19.2 Å². The smallest absolute Gasteiger partial charge is 0.233 e. The molecule has 0 spiro atoms. The van der Waals surface area contributed by atoms with Crippen LogP contribution in [0.4, 0.5) is 10.1 Å². The molecule has 150 valence electrons. The van der Waals surface area contributed by atoms with Gasteiger partial charge in [-0.1, -0.05) is 12.1 Å². The number of aromatic nitrogens is 1. The van der Waals surface area contributed by atoms with Crippen LogP contribution in [-0.4, -0.2) is 49.1 Å². The van der Waals surface area contributed by atoms with E-state index in [0.717, 1.165) is 35.1 Å². The Labute approximate surface area is 169 Å². The number of para-hydroxylation sites is 1. The Morgan fingerprint density at radius 3 is 2.55 bits per heavy atom. The van der Waals surface area contributed by atoms with Crippen molar-refractivity contribution in [3.05, 3.63) is 60.0 Å². The molecule has 2 heterocycles. The van der Waals surface area contributed by atoms with Crippen molar-refractivity contribution in [2.45, 2.75) is 18.3 Å². The summed E-state index contributed by atoms with van der Waals surface area (Å²) >= 11 is 0. The van der Waals surface area contributed by atoms with E-state index in [9.17, 15) is 9.18 Å². The van der Waals surface area contributed by atoms with Crippen molar-refractivity contribution in [3.63, 3.8) is 0 Å². The Bertz CT molecular complexity index is 1060. The number of hydrogen-bond donors (Lipinski definition) is 1. The number of fused-ring (bicyclic) bond motifs is 1. The van der Waals surface area contributed by atoms with Crippen LogP contribution in [0.15, 0.2) is 48.7 Å². The molecule has 2 aliphatic rings. The molecule has 0 atom stereocenters. The number of hydrogen-bond acceptors (Lipinski definition) is 3. The maximum atomic E-state index is 14.1. The summed E-state index contributed by atoms with van der Waals surface area (Å²) in [6, 6.07) is 12.7. The minimum Gasteiger partial charge on any atom is -0.497 e. The zero-order chi connectivity index (χ0) is 20.0. The fourth-order valence-electron chi connectivity index (χ4n) is 4.51. The molecular weight excluding hydrogens is 369 g/mol. The minimum absolute atomic E-state index is 0.189. The Morgan fingerprint density at radius 1 is 1.10 bits per heavy atom. The summed E-state index contributed by atoms with van der Waals surface area (Å²) in [5.41, 5.74) is 2.26. The lowest BCUT2D eigenvalue weighted by molar-refractivity contribution is -0.134. The molecule has 0 unspecified atom stereocenters. The largest absolute Gasteiger partial charge is 0.497 e. The van der Waals surface area contributed by atoms with Crippen molar-refractivity contribution in [2.75, 3.05) is 38.2 Å². The van der Waals surface area contributed by atoms with Crippen LogP contribution in [0.3, 0.4) is 0 Å². The number of carbonyl (C=O) groups is 1. The zero-order valence-electron chi connectivity index (χ0n) is 16.5. The summed E-state index contributed by atoms with van der Waals surface area (Å²) in [5, 5.41) is 1.06.